The Morgan fingerprint density at radius 2 is 1.98 bits per heavy atom. The van der Waals surface area contributed by atoms with Crippen molar-refractivity contribution in [2.75, 3.05) is 25.6 Å². The highest BCUT2D eigenvalue weighted by molar-refractivity contribution is 7.99. The Labute approximate surface area is 239 Å². The second kappa shape index (κ2) is 13.3. The van der Waals surface area contributed by atoms with Crippen LogP contribution in [0.4, 0.5) is 0 Å². The predicted molar refractivity (Wildman–Crippen MR) is 154 cm³/mol. The predicted octanol–water partition coefficient (Wildman–Crippen LogP) is 2.70. The SMILES string of the molecule is C=C[C@H]1C(=O)N(CC2CCOC2)C(C)SCN1C(=O)[C@@H](O)[C@H](Cc1ccccc1)NC(=O)c1cccc(O)c1C. The first kappa shape index (κ1) is 29.6. The van der Waals surface area contributed by atoms with Crippen molar-refractivity contribution in [3.63, 3.8) is 0 Å². The summed E-state index contributed by atoms with van der Waals surface area (Å²) in [6.45, 7) is 9.18. The van der Waals surface area contributed by atoms with Crippen LogP contribution in [0.5, 0.6) is 5.75 Å². The fourth-order valence-corrected chi connectivity index (χ4v) is 6.11. The fraction of sp³-hybridized carbons (Fsp3) is 0.433. The van der Waals surface area contributed by atoms with Gasteiger partial charge in [-0.05, 0) is 44.4 Å². The third-order valence-corrected chi connectivity index (χ3v) is 8.71. The zero-order valence-electron chi connectivity index (χ0n) is 22.9. The number of ether oxygens (including phenoxy) is 1. The van der Waals surface area contributed by atoms with E-state index in [1.807, 2.05) is 37.3 Å². The number of carbonyl (C=O) groups excluding carboxylic acids is 3. The summed E-state index contributed by atoms with van der Waals surface area (Å²) < 4.78 is 5.49. The van der Waals surface area contributed by atoms with Crippen LogP contribution >= 0.6 is 11.8 Å². The second-order valence-corrected chi connectivity index (χ2v) is 11.5. The molecule has 5 atom stereocenters. The number of benzene rings is 2. The molecule has 3 N–H and O–H groups in total. The molecule has 4 rings (SSSR count). The normalized spacial score (nSPS) is 22.9. The van der Waals surface area contributed by atoms with E-state index in [-0.39, 0.29) is 40.8 Å². The maximum atomic E-state index is 13.8. The maximum Gasteiger partial charge on any atom is 0.255 e. The summed E-state index contributed by atoms with van der Waals surface area (Å²) in [7, 11) is 0. The number of nitrogens with zero attached hydrogens (tertiary/aromatic N) is 2. The molecule has 0 aliphatic carbocycles. The van der Waals surface area contributed by atoms with Gasteiger partial charge in [-0.15, -0.1) is 18.3 Å². The molecule has 0 saturated carbocycles. The highest BCUT2D eigenvalue weighted by Crippen LogP contribution is 2.28. The Hall–Kier alpha value is -3.34. The quantitative estimate of drug-likeness (QED) is 0.399. The van der Waals surface area contributed by atoms with Gasteiger partial charge in [0.1, 0.15) is 11.8 Å². The first-order valence-electron chi connectivity index (χ1n) is 13.5. The van der Waals surface area contributed by atoms with E-state index in [0.29, 0.717) is 25.3 Å². The molecule has 2 saturated heterocycles. The molecule has 2 fully saturated rings. The highest BCUT2D eigenvalue weighted by atomic mass is 32.2. The lowest BCUT2D eigenvalue weighted by Crippen LogP contribution is -2.56. The summed E-state index contributed by atoms with van der Waals surface area (Å²) in [5.74, 6) is -1.06. The van der Waals surface area contributed by atoms with Gasteiger partial charge in [-0.1, -0.05) is 42.5 Å². The van der Waals surface area contributed by atoms with Crippen LogP contribution < -0.4 is 5.32 Å². The van der Waals surface area contributed by atoms with Crippen LogP contribution in [0.25, 0.3) is 0 Å². The molecule has 214 valence electrons. The van der Waals surface area contributed by atoms with Crippen molar-refractivity contribution in [3.8, 4) is 5.75 Å². The van der Waals surface area contributed by atoms with E-state index in [1.165, 1.54) is 28.8 Å². The van der Waals surface area contributed by atoms with Crippen LogP contribution in [0.2, 0.25) is 0 Å². The first-order valence-corrected chi connectivity index (χ1v) is 14.5. The molecule has 2 unspecified atom stereocenters. The Morgan fingerprint density at radius 1 is 1.23 bits per heavy atom. The lowest BCUT2D eigenvalue weighted by molar-refractivity contribution is -0.148. The van der Waals surface area contributed by atoms with Crippen LogP contribution in [0, 0.1) is 12.8 Å². The van der Waals surface area contributed by atoms with Crippen LogP contribution in [0.15, 0.2) is 61.2 Å². The van der Waals surface area contributed by atoms with Gasteiger partial charge in [0.2, 0.25) is 5.91 Å². The van der Waals surface area contributed by atoms with Gasteiger partial charge in [-0.3, -0.25) is 14.4 Å². The van der Waals surface area contributed by atoms with Crippen molar-refractivity contribution in [1.82, 2.24) is 15.1 Å². The summed E-state index contributed by atoms with van der Waals surface area (Å²) in [6, 6.07) is 11.9. The number of nitrogens with one attached hydrogen (secondary N) is 1. The van der Waals surface area contributed by atoms with E-state index in [4.69, 9.17) is 4.74 Å². The number of amides is 3. The fourth-order valence-electron chi connectivity index (χ4n) is 5.08. The van der Waals surface area contributed by atoms with Crippen molar-refractivity contribution in [3.05, 3.63) is 77.9 Å². The number of thioether (sulfide) groups is 1. The summed E-state index contributed by atoms with van der Waals surface area (Å²) in [5, 5.41) is 24.1. The third kappa shape index (κ3) is 6.68. The molecule has 2 heterocycles. The first-order chi connectivity index (χ1) is 19.2. The second-order valence-electron chi connectivity index (χ2n) is 10.3. The minimum atomic E-state index is -1.64. The van der Waals surface area contributed by atoms with Gasteiger partial charge < -0.3 is 30.1 Å². The number of hydrogen-bond acceptors (Lipinski definition) is 7. The van der Waals surface area contributed by atoms with Gasteiger partial charge >= 0.3 is 0 Å². The van der Waals surface area contributed by atoms with Crippen molar-refractivity contribution < 1.29 is 29.3 Å². The number of carbonyl (C=O) groups is 3. The number of aliphatic hydroxyl groups excluding tert-OH is 1. The van der Waals surface area contributed by atoms with Crippen LogP contribution in [0.1, 0.15) is 34.8 Å². The largest absolute Gasteiger partial charge is 0.508 e. The smallest absolute Gasteiger partial charge is 0.255 e. The number of phenolic OH excluding ortho intramolecular Hbond substituents is 1. The number of rotatable bonds is 9. The van der Waals surface area contributed by atoms with Crippen LogP contribution in [-0.4, -0.2) is 86.9 Å². The summed E-state index contributed by atoms with van der Waals surface area (Å²) in [4.78, 5) is 43.8. The summed E-state index contributed by atoms with van der Waals surface area (Å²) in [6.07, 6.45) is 0.850. The third-order valence-electron chi connectivity index (χ3n) is 7.55. The van der Waals surface area contributed by atoms with Gasteiger partial charge in [0.25, 0.3) is 11.8 Å². The lowest BCUT2D eigenvalue weighted by atomic mass is 9.98. The minimum absolute atomic E-state index is 0.0272. The van der Waals surface area contributed by atoms with Crippen LogP contribution in [-0.2, 0) is 20.7 Å². The Morgan fingerprint density at radius 3 is 2.65 bits per heavy atom. The van der Waals surface area contributed by atoms with Gasteiger partial charge in [0, 0.05) is 30.2 Å². The standard InChI is InChI=1S/C30H37N3O6S/c1-4-25-29(37)32(16-22-13-14-39-17-22)20(3)40-18-33(25)30(38)27(35)24(15-21-9-6-5-7-10-21)31-28(36)23-11-8-12-26(34)19(23)2/h4-12,20,22,24-25,27,34-35H,1,13-18H2,2-3H3,(H,31,36)/t20?,22?,24-,25-,27-/m0/s1. The molecule has 0 aromatic heterocycles. The average molecular weight is 568 g/mol. The van der Waals surface area contributed by atoms with Crippen molar-refractivity contribution in [2.24, 2.45) is 5.92 Å². The highest BCUT2D eigenvalue weighted by Gasteiger charge is 2.41. The molecule has 0 spiro atoms. The molecule has 2 aliphatic rings. The molecule has 2 aromatic carbocycles. The van der Waals surface area contributed by atoms with E-state index in [9.17, 15) is 24.6 Å². The number of hydrogen-bond donors (Lipinski definition) is 3. The van der Waals surface area contributed by atoms with Gasteiger partial charge in [-0.2, -0.15) is 0 Å². The molecule has 0 bridgehead atoms. The summed E-state index contributed by atoms with van der Waals surface area (Å²) in [5.41, 5.74) is 1.44. The van der Waals surface area contributed by atoms with Gasteiger partial charge in [-0.25, -0.2) is 0 Å². The van der Waals surface area contributed by atoms with Crippen LogP contribution in [0.3, 0.4) is 0 Å². The van der Waals surface area contributed by atoms with E-state index < -0.39 is 30.0 Å². The molecule has 0 radical (unpaired) electrons. The molecule has 3 amide bonds. The zero-order chi connectivity index (χ0) is 28.8. The Bertz CT molecular complexity index is 1220. The molecule has 2 aromatic rings. The molecule has 10 heteroatoms. The number of phenols is 1. The van der Waals surface area contributed by atoms with E-state index >= 15 is 0 Å². The van der Waals surface area contributed by atoms with Crippen molar-refractivity contribution >= 4 is 29.5 Å². The minimum Gasteiger partial charge on any atom is -0.508 e. The van der Waals surface area contributed by atoms with Crippen molar-refractivity contribution in [2.45, 2.75) is 50.3 Å². The van der Waals surface area contributed by atoms with Crippen molar-refractivity contribution in [1.29, 1.82) is 0 Å². The van der Waals surface area contributed by atoms with E-state index in [1.54, 1.807) is 24.0 Å². The molecular weight excluding hydrogens is 530 g/mol. The van der Waals surface area contributed by atoms with E-state index in [2.05, 4.69) is 11.9 Å². The average Bonchev–Trinajstić information content (AvgIpc) is 3.44. The lowest BCUT2D eigenvalue weighted by Gasteiger charge is -2.33. The molecule has 9 nitrogen and oxygen atoms in total. The monoisotopic (exact) mass is 567 g/mol. The Balaban J connectivity index is 1.57. The zero-order valence-corrected chi connectivity index (χ0v) is 23.7. The van der Waals surface area contributed by atoms with Gasteiger partial charge in [0.15, 0.2) is 6.10 Å². The molecule has 2 aliphatic heterocycles. The molecular formula is C30H37N3O6S. The number of aromatic hydroxyl groups is 1. The van der Waals surface area contributed by atoms with E-state index in [0.717, 1.165) is 12.0 Å². The Kier molecular flexibility index (Phi) is 9.89. The maximum absolute atomic E-state index is 13.8. The number of aliphatic hydroxyl groups is 1. The molecule has 40 heavy (non-hydrogen) atoms. The van der Waals surface area contributed by atoms with Gasteiger partial charge in [0.05, 0.1) is 23.9 Å². The summed E-state index contributed by atoms with van der Waals surface area (Å²) >= 11 is 1.43. The topological polar surface area (TPSA) is 119 Å².